The number of hydrogen-bond acceptors (Lipinski definition) is 5. The van der Waals surface area contributed by atoms with Crippen molar-refractivity contribution in [2.45, 2.75) is 64.7 Å². The van der Waals surface area contributed by atoms with E-state index < -0.39 is 18.3 Å². The Morgan fingerprint density at radius 2 is 1.44 bits per heavy atom. The van der Waals surface area contributed by atoms with Crippen molar-refractivity contribution in [3.63, 3.8) is 0 Å². The first-order chi connectivity index (χ1) is 16.2. The third-order valence-corrected chi connectivity index (χ3v) is 7.29. The first-order valence-electron chi connectivity index (χ1n) is 11.9. The Morgan fingerprint density at radius 1 is 0.824 bits per heavy atom. The summed E-state index contributed by atoms with van der Waals surface area (Å²) >= 11 is 0. The zero-order valence-corrected chi connectivity index (χ0v) is 20.2. The van der Waals surface area contributed by atoms with Gasteiger partial charge in [0.1, 0.15) is 0 Å². The molecule has 1 fully saturated rings. The van der Waals surface area contributed by atoms with Gasteiger partial charge < -0.3 is 9.31 Å². The minimum atomic E-state index is -0.425. The maximum Gasteiger partial charge on any atom is 0.495 e. The summed E-state index contributed by atoms with van der Waals surface area (Å²) in [6.07, 6.45) is 4.63. The molecule has 2 aliphatic rings. The van der Waals surface area contributed by atoms with E-state index in [4.69, 9.17) is 14.4 Å². The lowest BCUT2D eigenvalue weighted by molar-refractivity contribution is 0.00578. The molecule has 0 bridgehead atoms. The van der Waals surface area contributed by atoms with Crippen molar-refractivity contribution in [1.29, 1.82) is 0 Å². The lowest BCUT2D eigenvalue weighted by Gasteiger charge is -2.32. The zero-order chi connectivity index (χ0) is 24.1. The van der Waals surface area contributed by atoms with Crippen LogP contribution >= 0.6 is 0 Å². The van der Waals surface area contributed by atoms with Crippen LogP contribution in [0, 0.1) is 0 Å². The molecule has 0 atom stereocenters. The fourth-order valence-corrected chi connectivity index (χ4v) is 4.57. The molecule has 0 spiro atoms. The molecule has 5 rings (SSSR count). The summed E-state index contributed by atoms with van der Waals surface area (Å²) in [6, 6.07) is 13.1. The van der Waals surface area contributed by atoms with Crippen LogP contribution in [-0.4, -0.2) is 51.4 Å². The smallest absolute Gasteiger partial charge is 0.399 e. The molecule has 3 aromatic rings. The molecule has 0 radical (unpaired) electrons. The highest BCUT2D eigenvalue weighted by Crippen LogP contribution is 2.37. The Morgan fingerprint density at radius 3 is 2.09 bits per heavy atom. The number of amides is 2. The lowest BCUT2D eigenvalue weighted by Crippen LogP contribution is -2.41. The molecule has 8 heteroatoms. The third-order valence-electron chi connectivity index (χ3n) is 7.29. The topological polar surface area (TPSA) is 73.7 Å². The summed E-state index contributed by atoms with van der Waals surface area (Å²) in [6.45, 7) is 9.42. The normalized spacial score (nSPS) is 18.8. The van der Waals surface area contributed by atoms with Crippen LogP contribution in [-0.2, 0) is 15.9 Å². The predicted molar refractivity (Wildman–Crippen MR) is 131 cm³/mol. The Labute approximate surface area is 200 Å². The maximum absolute atomic E-state index is 12.5. The fourth-order valence-electron chi connectivity index (χ4n) is 4.57. The van der Waals surface area contributed by atoms with Gasteiger partial charge in [-0.25, -0.2) is 0 Å². The molecule has 2 aromatic carbocycles. The Balaban J connectivity index is 1.18. The van der Waals surface area contributed by atoms with Crippen molar-refractivity contribution in [3.8, 4) is 0 Å². The van der Waals surface area contributed by atoms with Gasteiger partial charge in [0, 0.05) is 24.7 Å². The van der Waals surface area contributed by atoms with E-state index in [9.17, 15) is 9.59 Å². The lowest BCUT2D eigenvalue weighted by atomic mass is 9.77. The minimum Gasteiger partial charge on any atom is -0.399 e. The first-order valence-corrected chi connectivity index (χ1v) is 11.9. The van der Waals surface area contributed by atoms with Gasteiger partial charge in [-0.05, 0) is 70.6 Å². The molecule has 0 N–H and O–H groups in total. The Kier molecular flexibility index (Phi) is 5.61. The van der Waals surface area contributed by atoms with E-state index in [0.717, 1.165) is 42.2 Å². The van der Waals surface area contributed by atoms with Gasteiger partial charge >= 0.3 is 7.12 Å². The Bertz CT molecular complexity index is 1210. The van der Waals surface area contributed by atoms with Crippen LogP contribution in [0.5, 0.6) is 0 Å². The van der Waals surface area contributed by atoms with Gasteiger partial charge in [0.25, 0.3) is 11.8 Å². The highest BCUT2D eigenvalue weighted by molar-refractivity contribution is 6.65. The van der Waals surface area contributed by atoms with Crippen molar-refractivity contribution in [2.75, 3.05) is 6.54 Å². The quantitative estimate of drug-likeness (QED) is 0.305. The van der Waals surface area contributed by atoms with E-state index in [1.165, 1.54) is 4.90 Å². The summed E-state index contributed by atoms with van der Waals surface area (Å²) in [5.41, 5.74) is 2.14. The van der Waals surface area contributed by atoms with Crippen LogP contribution < -0.4 is 5.46 Å². The summed E-state index contributed by atoms with van der Waals surface area (Å²) in [5, 5.41) is 5.76. The van der Waals surface area contributed by atoms with Crippen molar-refractivity contribution >= 4 is 35.3 Å². The molecule has 2 amide bonds. The second-order valence-electron chi connectivity index (χ2n) is 10.1. The number of benzene rings is 2. The monoisotopic (exact) mass is 459 g/mol. The van der Waals surface area contributed by atoms with Crippen LogP contribution in [0.25, 0.3) is 10.9 Å². The SMILES string of the molecule is CC1(C)OB(c2cccc3nn(CCCCCN4C(=O)c5ccccc5C4=O)cc23)OC1(C)C. The molecular formula is C26H30BN3O4. The van der Waals surface area contributed by atoms with E-state index in [2.05, 4.69) is 33.9 Å². The predicted octanol–water partition coefficient (Wildman–Crippen LogP) is 3.80. The number of carbonyl (C=O) groups is 2. The second kappa shape index (κ2) is 8.36. The molecule has 7 nitrogen and oxygen atoms in total. The van der Waals surface area contributed by atoms with Crippen LogP contribution in [0.1, 0.15) is 67.7 Å². The third kappa shape index (κ3) is 3.85. The van der Waals surface area contributed by atoms with Gasteiger partial charge in [-0.15, -0.1) is 0 Å². The van der Waals surface area contributed by atoms with Crippen molar-refractivity contribution in [2.24, 2.45) is 0 Å². The largest absolute Gasteiger partial charge is 0.495 e. The molecule has 1 saturated heterocycles. The minimum absolute atomic E-state index is 0.186. The molecule has 2 aliphatic heterocycles. The van der Waals surface area contributed by atoms with E-state index in [1.807, 2.05) is 22.9 Å². The molecule has 1 aromatic heterocycles. The van der Waals surface area contributed by atoms with Crippen molar-refractivity contribution < 1.29 is 18.9 Å². The van der Waals surface area contributed by atoms with Crippen LogP contribution in [0.15, 0.2) is 48.7 Å². The first kappa shape index (κ1) is 22.8. The highest BCUT2D eigenvalue weighted by Gasteiger charge is 2.52. The number of hydrogen-bond donors (Lipinski definition) is 0. The van der Waals surface area contributed by atoms with E-state index in [-0.39, 0.29) is 11.8 Å². The number of imide groups is 1. The summed E-state index contributed by atoms with van der Waals surface area (Å²) < 4.78 is 14.5. The van der Waals surface area contributed by atoms with Gasteiger partial charge in [-0.3, -0.25) is 19.2 Å². The number of carbonyl (C=O) groups excluding carboxylic acids is 2. The number of rotatable bonds is 7. The van der Waals surface area contributed by atoms with E-state index in [1.54, 1.807) is 24.3 Å². The number of unbranched alkanes of at least 4 members (excludes halogenated alkanes) is 2. The van der Waals surface area contributed by atoms with Crippen molar-refractivity contribution in [1.82, 2.24) is 14.7 Å². The van der Waals surface area contributed by atoms with E-state index in [0.29, 0.717) is 17.7 Å². The van der Waals surface area contributed by atoms with Gasteiger partial charge in [0.05, 0.1) is 27.8 Å². The second-order valence-corrected chi connectivity index (χ2v) is 10.1. The van der Waals surface area contributed by atoms with Crippen LogP contribution in [0.4, 0.5) is 0 Å². The highest BCUT2D eigenvalue weighted by atomic mass is 16.7. The molecule has 176 valence electrons. The van der Waals surface area contributed by atoms with Crippen LogP contribution in [0.3, 0.4) is 0 Å². The number of aromatic nitrogens is 2. The summed E-state index contributed by atoms with van der Waals surface area (Å²) in [5.74, 6) is -0.372. The average Bonchev–Trinajstić information content (AvgIpc) is 3.39. The van der Waals surface area contributed by atoms with Gasteiger partial charge in [-0.2, -0.15) is 5.10 Å². The molecule has 0 aliphatic carbocycles. The number of fused-ring (bicyclic) bond motifs is 2. The maximum atomic E-state index is 12.5. The summed E-state index contributed by atoms with van der Waals surface area (Å²) in [4.78, 5) is 26.3. The van der Waals surface area contributed by atoms with Gasteiger partial charge in [0.15, 0.2) is 0 Å². The van der Waals surface area contributed by atoms with Gasteiger partial charge in [0.2, 0.25) is 0 Å². The molecule has 3 heterocycles. The number of aryl methyl sites for hydroxylation is 1. The summed E-state index contributed by atoms with van der Waals surface area (Å²) in [7, 11) is -0.425. The average molecular weight is 459 g/mol. The van der Waals surface area contributed by atoms with Crippen LogP contribution in [0.2, 0.25) is 0 Å². The van der Waals surface area contributed by atoms with Gasteiger partial charge in [-0.1, -0.05) is 24.3 Å². The Hall–Kier alpha value is -2.97. The molecular weight excluding hydrogens is 429 g/mol. The molecule has 0 unspecified atom stereocenters. The fraction of sp³-hybridized carbons (Fsp3) is 0.423. The standard InChI is InChI=1S/C26H30BN3O4/c1-25(2)26(3,4)34-27(33-25)21-13-10-14-22-20(21)17-29(28-22)15-8-5-9-16-30-23(31)18-11-6-7-12-19(18)24(30)32/h6-7,10-14,17H,5,8-9,15-16H2,1-4H3. The molecule has 0 saturated carbocycles. The number of nitrogens with zero attached hydrogens (tertiary/aromatic N) is 3. The zero-order valence-electron chi connectivity index (χ0n) is 20.2. The van der Waals surface area contributed by atoms with E-state index >= 15 is 0 Å². The van der Waals surface area contributed by atoms with Crippen molar-refractivity contribution in [3.05, 3.63) is 59.8 Å². The molecule has 34 heavy (non-hydrogen) atoms.